The minimum atomic E-state index is -2.94. The van der Waals surface area contributed by atoms with Crippen molar-refractivity contribution in [2.75, 3.05) is 29.5 Å². The summed E-state index contributed by atoms with van der Waals surface area (Å²) in [6, 6.07) is 6.14. The van der Waals surface area contributed by atoms with Crippen molar-refractivity contribution in [3.05, 3.63) is 36.4 Å². The molecule has 6 nitrogen and oxygen atoms in total. The molecule has 0 amide bonds. The quantitative estimate of drug-likeness (QED) is 0.814. The summed E-state index contributed by atoms with van der Waals surface area (Å²) in [4.78, 5) is 14.9. The number of piperidine rings is 1. The Bertz CT molecular complexity index is 905. The first-order valence-electron chi connectivity index (χ1n) is 8.35. The Balaban J connectivity index is 1.61. The molecule has 1 aromatic carbocycles. The van der Waals surface area contributed by atoms with Gasteiger partial charge in [0.15, 0.2) is 15.7 Å². The van der Waals surface area contributed by atoms with Gasteiger partial charge in [-0.2, -0.15) is 4.98 Å². The molecule has 25 heavy (non-hydrogen) atoms. The Kier molecular flexibility index (Phi) is 3.94. The number of halogens is 1. The van der Waals surface area contributed by atoms with E-state index in [0.29, 0.717) is 30.3 Å². The summed E-state index contributed by atoms with van der Waals surface area (Å²) in [5.41, 5.74) is 0.404. The lowest BCUT2D eigenvalue weighted by Gasteiger charge is -2.39. The van der Waals surface area contributed by atoms with E-state index in [4.69, 9.17) is 0 Å². The van der Waals surface area contributed by atoms with Crippen LogP contribution in [0.15, 0.2) is 30.6 Å². The fraction of sp³-hybridized carbons (Fsp3) is 0.471. The van der Waals surface area contributed by atoms with Gasteiger partial charge in [-0.25, -0.2) is 22.8 Å². The van der Waals surface area contributed by atoms with Crippen molar-refractivity contribution in [1.82, 2.24) is 15.0 Å². The van der Waals surface area contributed by atoms with Crippen LogP contribution in [0.2, 0.25) is 0 Å². The number of nitrogens with zero attached hydrogens (tertiary/aromatic N) is 4. The first kappa shape index (κ1) is 16.4. The molecule has 0 aliphatic carbocycles. The van der Waals surface area contributed by atoms with Crippen LogP contribution in [-0.2, 0) is 9.84 Å². The number of hydrogen-bond donors (Lipinski definition) is 0. The molecule has 4 rings (SSSR count). The maximum Gasteiger partial charge on any atom is 0.228 e. The predicted molar refractivity (Wildman–Crippen MR) is 92.4 cm³/mol. The molecule has 1 spiro atoms. The van der Waals surface area contributed by atoms with Gasteiger partial charge in [-0.3, -0.25) is 0 Å². The summed E-state index contributed by atoms with van der Waals surface area (Å²) in [5, 5.41) is 0. The Morgan fingerprint density at radius 1 is 1.20 bits per heavy atom. The van der Waals surface area contributed by atoms with Crippen molar-refractivity contribution < 1.29 is 12.8 Å². The van der Waals surface area contributed by atoms with Crippen molar-refractivity contribution in [1.29, 1.82) is 0 Å². The Morgan fingerprint density at radius 2 is 2.08 bits per heavy atom. The van der Waals surface area contributed by atoms with E-state index in [1.165, 1.54) is 18.5 Å². The average molecular weight is 362 g/mol. The van der Waals surface area contributed by atoms with E-state index in [-0.39, 0.29) is 22.7 Å². The van der Waals surface area contributed by atoms with Crippen LogP contribution < -0.4 is 4.90 Å². The molecule has 3 heterocycles. The fourth-order valence-corrected chi connectivity index (χ4v) is 6.09. The predicted octanol–water partition coefficient (Wildman–Crippen LogP) is 2.08. The molecule has 1 aromatic heterocycles. The van der Waals surface area contributed by atoms with Gasteiger partial charge in [-0.15, -0.1) is 0 Å². The standard InChI is InChI=1S/C17H19FN4O2S/c18-14-4-1-3-13(9-14)15-19-12-20-16(21-15)22-7-2-5-17(10-22)6-8-25(23,24)11-17/h1,3-4,9,12H,2,5-8,10-11H2. The lowest BCUT2D eigenvalue weighted by molar-refractivity contribution is 0.268. The van der Waals surface area contributed by atoms with Gasteiger partial charge in [-0.1, -0.05) is 12.1 Å². The first-order chi connectivity index (χ1) is 11.9. The smallest absolute Gasteiger partial charge is 0.228 e. The lowest BCUT2D eigenvalue weighted by Crippen LogP contribution is -2.44. The molecule has 0 radical (unpaired) electrons. The Labute approximate surface area is 146 Å². The highest BCUT2D eigenvalue weighted by molar-refractivity contribution is 7.91. The second-order valence-electron chi connectivity index (χ2n) is 6.99. The molecular weight excluding hydrogens is 343 g/mol. The van der Waals surface area contributed by atoms with E-state index in [1.807, 2.05) is 4.90 Å². The molecule has 2 aromatic rings. The van der Waals surface area contributed by atoms with Gasteiger partial charge in [-0.05, 0) is 31.4 Å². The zero-order valence-electron chi connectivity index (χ0n) is 13.7. The third kappa shape index (κ3) is 3.35. The van der Waals surface area contributed by atoms with Crippen LogP contribution in [-0.4, -0.2) is 48.0 Å². The third-order valence-electron chi connectivity index (χ3n) is 5.06. The first-order valence-corrected chi connectivity index (χ1v) is 10.2. The zero-order chi connectivity index (χ0) is 17.5. The highest BCUT2D eigenvalue weighted by atomic mass is 32.2. The van der Waals surface area contributed by atoms with Gasteiger partial charge in [0, 0.05) is 24.1 Å². The second-order valence-corrected chi connectivity index (χ2v) is 9.17. The van der Waals surface area contributed by atoms with E-state index >= 15 is 0 Å². The van der Waals surface area contributed by atoms with Crippen LogP contribution in [0.4, 0.5) is 10.3 Å². The number of sulfone groups is 1. The number of aromatic nitrogens is 3. The largest absolute Gasteiger partial charge is 0.340 e. The summed E-state index contributed by atoms with van der Waals surface area (Å²) >= 11 is 0. The average Bonchev–Trinajstić information content (AvgIpc) is 2.89. The minimum absolute atomic E-state index is 0.192. The van der Waals surface area contributed by atoms with Crippen molar-refractivity contribution in [2.45, 2.75) is 19.3 Å². The maximum atomic E-state index is 13.4. The van der Waals surface area contributed by atoms with Gasteiger partial charge < -0.3 is 4.90 Å². The van der Waals surface area contributed by atoms with Crippen LogP contribution in [0.1, 0.15) is 19.3 Å². The summed E-state index contributed by atoms with van der Waals surface area (Å²) in [5.74, 6) is 1.12. The molecule has 8 heteroatoms. The molecule has 0 bridgehead atoms. The van der Waals surface area contributed by atoms with E-state index in [0.717, 1.165) is 19.4 Å². The zero-order valence-corrected chi connectivity index (χ0v) is 14.5. The molecule has 1 atom stereocenters. The van der Waals surface area contributed by atoms with Crippen molar-refractivity contribution in [3.8, 4) is 11.4 Å². The number of benzene rings is 1. The van der Waals surface area contributed by atoms with Crippen molar-refractivity contribution in [2.24, 2.45) is 5.41 Å². The summed E-state index contributed by atoms with van der Waals surface area (Å²) < 4.78 is 37.3. The van der Waals surface area contributed by atoms with Gasteiger partial charge in [0.1, 0.15) is 12.1 Å². The fourth-order valence-electron chi connectivity index (χ4n) is 3.89. The Morgan fingerprint density at radius 3 is 2.84 bits per heavy atom. The molecule has 0 N–H and O–H groups in total. The number of rotatable bonds is 2. The molecule has 2 aliphatic heterocycles. The molecule has 2 saturated heterocycles. The SMILES string of the molecule is O=S1(=O)CCC2(CCCN(c3ncnc(-c4cccc(F)c4)n3)C2)C1. The van der Waals surface area contributed by atoms with E-state index in [1.54, 1.807) is 12.1 Å². The number of anilines is 1. The molecule has 132 valence electrons. The van der Waals surface area contributed by atoms with Crippen LogP contribution >= 0.6 is 0 Å². The lowest BCUT2D eigenvalue weighted by atomic mass is 9.80. The maximum absolute atomic E-state index is 13.4. The van der Waals surface area contributed by atoms with E-state index in [2.05, 4.69) is 15.0 Å². The van der Waals surface area contributed by atoms with Gasteiger partial charge in [0.2, 0.25) is 5.95 Å². The van der Waals surface area contributed by atoms with E-state index in [9.17, 15) is 12.8 Å². The highest BCUT2D eigenvalue weighted by Gasteiger charge is 2.45. The van der Waals surface area contributed by atoms with Crippen LogP contribution in [0.3, 0.4) is 0 Å². The summed E-state index contributed by atoms with van der Waals surface area (Å²) in [6.45, 7) is 1.42. The van der Waals surface area contributed by atoms with Crippen LogP contribution in [0.25, 0.3) is 11.4 Å². The summed E-state index contributed by atoms with van der Waals surface area (Å²) in [6.07, 6.45) is 3.96. The molecule has 1 unspecified atom stereocenters. The second kappa shape index (κ2) is 6.01. The van der Waals surface area contributed by atoms with Crippen molar-refractivity contribution >= 4 is 15.8 Å². The number of hydrogen-bond acceptors (Lipinski definition) is 6. The normalized spacial score (nSPS) is 25.4. The van der Waals surface area contributed by atoms with Crippen LogP contribution in [0, 0.1) is 11.2 Å². The van der Waals surface area contributed by atoms with Gasteiger partial charge in [0.25, 0.3) is 0 Å². The third-order valence-corrected chi connectivity index (χ3v) is 6.93. The molecule has 2 aliphatic rings. The monoisotopic (exact) mass is 362 g/mol. The summed E-state index contributed by atoms with van der Waals surface area (Å²) in [7, 11) is -2.94. The Hall–Kier alpha value is -2.09. The van der Waals surface area contributed by atoms with Crippen LogP contribution in [0.5, 0.6) is 0 Å². The molecular formula is C17H19FN4O2S. The van der Waals surface area contributed by atoms with Gasteiger partial charge in [0.05, 0.1) is 11.5 Å². The van der Waals surface area contributed by atoms with Gasteiger partial charge >= 0.3 is 0 Å². The minimum Gasteiger partial charge on any atom is -0.340 e. The highest BCUT2D eigenvalue weighted by Crippen LogP contribution is 2.40. The van der Waals surface area contributed by atoms with Crippen molar-refractivity contribution in [3.63, 3.8) is 0 Å². The molecule has 0 saturated carbocycles. The van der Waals surface area contributed by atoms with E-state index < -0.39 is 9.84 Å². The topological polar surface area (TPSA) is 76.1 Å². The molecule has 2 fully saturated rings.